The molecule has 0 aromatic carbocycles. The second-order valence-corrected chi connectivity index (χ2v) is 4.33. The highest BCUT2D eigenvalue weighted by molar-refractivity contribution is 5.79. The molecule has 0 saturated heterocycles. The molecule has 1 rings (SSSR count). The molecule has 3 nitrogen and oxygen atoms in total. The molecule has 0 bridgehead atoms. The number of aliphatic carboxylic acids is 1. The van der Waals surface area contributed by atoms with Gasteiger partial charge in [0, 0.05) is 18.7 Å². The van der Waals surface area contributed by atoms with Gasteiger partial charge in [-0.05, 0) is 19.9 Å². The lowest BCUT2D eigenvalue weighted by Crippen LogP contribution is -2.31. The molecule has 1 aliphatic carbocycles. The summed E-state index contributed by atoms with van der Waals surface area (Å²) < 4.78 is 0. The van der Waals surface area contributed by atoms with Gasteiger partial charge in [-0.25, -0.2) is 4.79 Å². The number of rotatable bonds is 4. The highest BCUT2D eigenvalue weighted by atomic mass is 16.4. The topological polar surface area (TPSA) is 40.5 Å². The van der Waals surface area contributed by atoms with Crippen molar-refractivity contribution in [3.8, 4) is 0 Å². The summed E-state index contributed by atoms with van der Waals surface area (Å²) >= 11 is 0. The molecule has 0 heterocycles. The summed E-state index contributed by atoms with van der Waals surface area (Å²) in [7, 11) is 2.09. The van der Waals surface area contributed by atoms with Crippen LogP contribution in [0.15, 0.2) is 12.2 Å². The summed E-state index contributed by atoms with van der Waals surface area (Å²) in [5.41, 5.74) is 0. The number of likely N-dealkylation sites (N-methyl/N-ethyl adjacent to an activating group) is 1. The maximum absolute atomic E-state index is 10.3. The molecule has 0 unspecified atom stereocenters. The average Bonchev–Trinajstić information content (AvgIpc) is 2.44. The first kappa shape index (κ1) is 12.2. The third-order valence-corrected chi connectivity index (χ3v) is 3.10. The van der Waals surface area contributed by atoms with Crippen molar-refractivity contribution in [3.05, 3.63) is 12.2 Å². The molecule has 0 amide bonds. The molecule has 15 heavy (non-hydrogen) atoms. The fourth-order valence-corrected chi connectivity index (χ4v) is 2.17. The molecule has 0 aromatic rings. The highest BCUT2D eigenvalue weighted by Crippen LogP contribution is 2.20. The van der Waals surface area contributed by atoms with Gasteiger partial charge < -0.3 is 5.11 Å². The molecule has 1 saturated carbocycles. The van der Waals surface area contributed by atoms with Crippen LogP contribution in [0.4, 0.5) is 0 Å². The Balaban J connectivity index is 2.31. The Morgan fingerprint density at radius 2 is 1.93 bits per heavy atom. The lowest BCUT2D eigenvalue weighted by molar-refractivity contribution is -0.131. The average molecular weight is 211 g/mol. The van der Waals surface area contributed by atoms with Gasteiger partial charge in [0.05, 0.1) is 0 Å². The van der Waals surface area contributed by atoms with Gasteiger partial charge in [0.15, 0.2) is 0 Å². The van der Waals surface area contributed by atoms with Gasteiger partial charge in [0.2, 0.25) is 0 Å². The Labute approximate surface area is 91.8 Å². The van der Waals surface area contributed by atoms with Crippen molar-refractivity contribution in [1.82, 2.24) is 4.90 Å². The first-order chi connectivity index (χ1) is 7.20. The van der Waals surface area contributed by atoms with Gasteiger partial charge in [-0.15, -0.1) is 0 Å². The van der Waals surface area contributed by atoms with Crippen LogP contribution in [0.25, 0.3) is 0 Å². The molecule has 1 fully saturated rings. The summed E-state index contributed by atoms with van der Waals surface area (Å²) in [6.07, 6.45) is 10.8. The van der Waals surface area contributed by atoms with E-state index in [1.54, 1.807) is 6.08 Å². The summed E-state index contributed by atoms with van der Waals surface area (Å²) in [6.45, 7) is 0.747. The molecule has 0 atom stereocenters. The van der Waals surface area contributed by atoms with Crippen LogP contribution in [0.3, 0.4) is 0 Å². The van der Waals surface area contributed by atoms with Crippen LogP contribution in [0, 0.1) is 0 Å². The number of hydrogen-bond donors (Lipinski definition) is 1. The Hall–Kier alpha value is -0.830. The van der Waals surface area contributed by atoms with Gasteiger partial charge in [-0.3, -0.25) is 4.90 Å². The molecule has 0 aromatic heterocycles. The highest BCUT2D eigenvalue weighted by Gasteiger charge is 2.15. The summed E-state index contributed by atoms with van der Waals surface area (Å²) in [5, 5.41) is 8.48. The summed E-state index contributed by atoms with van der Waals surface area (Å²) in [4.78, 5) is 12.6. The fraction of sp³-hybridized carbons (Fsp3) is 0.750. The van der Waals surface area contributed by atoms with E-state index in [-0.39, 0.29) is 0 Å². The Kier molecular flexibility index (Phi) is 5.40. The van der Waals surface area contributed by atoms with Crippen LogP contribution >= 0.6 is 0 Å². The predicted molar refractivity (Wildman–Crippen MR) is 60.9 cm³/mol. The van der Waals surface area contributed by atoms with Gasteiger partial charge in [-0.2, -0.15) is 0 Å². The van der Waals surface area contributed by atoms with E-state index in [9.17, 15) is 4.79 Å². The zero-order valence-corrected chi connectivity index (χ0v) is 9.48. The quantitative estimate of drug-likeness (QED) is 0.573. The largest absolute Gasteiger partial charge is 0.478 e. The van der Waals surface area contributed by atoms with Crippen molar-refractivity contribution < 1.29 is 9.90 Å². The van der Waals surface area contributed by atoms with E-state index in [0.717, 1.165) is 6.54 Å². The zero-order valence-electron chi connectivity index (χ0n) is 9.48. The second-order valence-electron chi connectivity index (χ2n) is 4.33. The molecule has 0 spiro atoms. The summed E-state index contributed by atoms with van der Waals surface area (Å²) in [6, 6.07) is 0.644. The second kappa shape index (κ2) is 6.62. The van der Waals surface area contributed by atoms with Gasteiger partial charge in [0.25, 0.3) is 0 Å². The van der Waals surface area contributed by atoms with Crippen molar-refractivity contribution >= 4 is 5.97 Å². The molecule has 3 heteroatoms. The van der Waals surface area contributed by atoms with Crippen LogP contribution < -0.4 is 0 Å². The molecule has 0 aliphatic heterocycles. The molecule has 86 valence electrons. The summed E-state index contributed by atoms with van der Waals surface area (Å²) in [5.74, 6) is -0.857. The van der Waals surface area contributed by atoms with E-state index in [2.05, 4.69) is 11.9 Å². The minimum absolute atomic E-state index is 0.644. The van der Waals surface area contributed by atoms with Gasteiger partial charge in [-0.1, -0.05) is 31.8 Å². The molecular weight excluding hydrogens is 190 g/mol. The molecular formula is C12H21NO2. The third kappa shape index (κ3) is 4.98. The van der Waals surface area contributed by atoms with Crippen LogP contribution in [0.2, 0.25) is 0 Å². The predicted octanol–water partition coefficient (Wildman–Crippen LogP) is 2.28. The molecule has 1 N–H and O–H groups in total. The number of carbonyl (C=O) groups is 1. The van der Waals surface area contributed by atoms with Crippen LogP contribution in [0.1, 0.15) is 38.5 Å². The van der Waals surface area contributed by atoms with Crippen molar-refractivity contribution in [2.45, 2.75) is 44.6 Å². The van der Waals surface area contributed by atoms with Crippen molar-refractivity contribution in [2.24, 2.45) is 0 Å². The monoisotopic (exact) mass is 211 g/mol. The lowest BCUT2D eigenvalue weighted by Gasteiger charge is -2.25. The Morgan fingerprint density at radius 3 is 2.47 bits per heavy atom. The van der Waals surface area contributed by atoms with Crippen LogP contribution in [0.5, 0.6) is 0 Å². The first-order valence-corrected chi connectivity index (χ1v) is 5.80. The third-order valence-electron chi connectivity index (χ3n) is 3.10. The van der Waals surface area contributed by atoms with Crippen molar-refractivity contribution in [1.29, 1.82) is 0 Å². The van der Waals surface area contributed by atoms with Crippen LogP contribution in [-0.4, -0.2) is 35.6 Å². The maximum atomic E-state index is 10.3. The standard InChI is InChI=1S/C12H21NO2/c1-13(10-6-9-12(14)15)11-7-4-2-3-5-8-11/h6,9,11H,2-5,7-8,10H2,1H3,(H,14,15)/b9-6+. The van der Waals surface area contributed by atoms with E-state index < -0.39 is 5.97 Å². The number of carboxylic acids is 1. The van der Waals surface area contributed by atoms with E-state index in [1.807, 2.05) is 0 Å². The zero-order chi connectivity index (χ0) is 11.1. The number of carboxylic acid groups (broad SMARTS) is 1. The van der Waals surface area contributed by atoms with E-state index in [1.165, 1.54) is 44.6 Å². The number of hydrogen-bond acceptors (Lipinski definition) is 2. The SMILES string of the molecule is CN(C/C=C/C(=O)O)C1CCCCCC1. The molecule has 0 radical (unpaired) electrons. The Morgan fingerprint density at radius 1 is 1.33 bits per heavy atom. The lowest BCUT2D eigenvalue weighted by atomic mass is 10.1. The van der Waals surface area contributed by atoms with Crippen molar-refractivity contribution in [3.63, 3.8) is 0 Å². The fourth-order valence-electron chi connectivity index (χ4n) is 2.17. The maximum Gasteiger partial charge on any atom is 0.328 e. The van der Waals surface area contributed by atoms with E-state index >= 15 is 0 Å². The smallest absolute Gasteiger partial charge is 0.328 e. The first-order valence-electron chi connectivity index (χ1n) is 5.80. The van der Waals surface area contributed by atoms with Gasteiger partial charge in [0.1, 0.15) is 0 Å². The van der Waals surface area contributed by atoms with E-state index in [4.69, 9.17) is 5.11 Å². The minimum atomic E-state index is -0.857. The normalized spacial score (nSPS) is 19.6. The minimum Gasteiger partial charge on any atom is -0.478 e. The van der Waals surface area contributed by atoms with Crippen LogP contribution in [-0.2, 0) is 4.79 Å². The molecule has 1 aliphatic rings. The van der Waals surface area contributed by atoms with Gasteiger partial charge >= 0.3 is 5.97 Å². The number of nitrogens with zero attached hydrogens (tertiary/aromatic N) is 1. The van der Waals surface area contributed by atoms with Crippen molar-refractivity contribution in [2.75, 3.05) is 13.6 Å². The van der Waals surface area contributed by atoms with E-state index in [0.29, 0.717) is 6.04 Å². The Bertz CT molecular complexity index is 218.